The van der Waals surface area contributed by atoms with Crippen molar-refractivity contribution in [1.29, 1.82) is 0 Å². The SMILES string of the molecule is CCOC1CC(CC(=O)NCC(C)Br)C1. The number of amides is 1. The second kappa shape index (κ2) is 6.48. The lowest BCUT2D eigenvalue weighted by atomic mass is 9.80. The first-order chi connectivity index (χ1) is 7.11. The first-order valence-corrected chi connectivity index (χ1v) is 6.55. The van der Waals surface area contributed by atoms with Crippen molar-refractivity contribution < 1.29 is 9.53 Å². The van der Waals surface area contributed by atoms with Crippen molar-refractivity contribution in [1.82, 2.24) is 5.32 Å². The molecule has 1 saturated carbocycles. The summed E-state index contributed by atoms with van der Waals surface area (Å²) in [5.41, 5.74) is 0. The summed E-state index contributed by atoms with van der Waals surface area (Å²) >= 11 is 3.40. The van der Waals surface area contributed by atoms with Gasteiger partial charge in [-0.1, -0.05) is 22.9 Å². The number of rotatable bonds is 6. The van der Waals surface area contributed by atoms with Gasteiger partial charge in [0, 0.05) is 24.4 Å². The lowest BCUT2D eigenvalue weighted by Crippen LogP contribution is -2.36. The quantitative estimate of drug-likeness (QED) is 0.755. The monoisotopic (exact) mass is 277 g/mol. The van der Waals surface area contributed by atoms with Crippen LogP contribution in [-0.4, -0.2) is 30.0 Å². The number of ether oxygens (including phenoxy) is 1. The van der Waals surface area contributed by atoms with E-state index in [1.165, 1.54) is 0 Å². The van der Waals surface area contributed by atoms with Crippen LogP contribution in [-0.2, 0) is 9.53 Å². The minimum atomic E-state index is 0.168. The highest BCUT2D eigenvalue weighted by atomic mass is 79.9. The first kappa shape index (κ1) is 13.0. The van der Waals surface area contributed by atoms with Gasteiger partial charge < -0.3 is 10.1 Å². The molecular weight excluding hydrogens is 258 g/mol. The van der Waals surface area contributed by atoms with Gasteiger partial charge in [0.1, 0.15) is 0 Å². The van der Waals surface area contributed by atoms with Crippen molar-refractivity contribution in [3.05, 3.63) is 0 Å². The Morgan fingerprint density at radius 3 is 2.80 bits per heavy atom. The van der Waals surface area contributed by atoms with Crippen molar-refractivity contribution in [2.75, 3.05) is 13.2 Å². The highest BCUT2D eigenvalue weighted by Gasteiger charge is 2.30. The van der Waals surface area contributed by atoms with Gasteiger partial charge >= 0.3 is 0 Å². The highest BCUT2D eigenvalue weighted by Crippen LogP contribution is 2.32. The van der Waals surface area contributed by atoms with Gasteiger partial charge in [-0.05, 0) is 25.7 Å². The predicted octanol–water partition coefficient (Wildman–Crippen LogP) is 2.09. The summed E-state index contributed by atoms with van der Waals surface area (Å²) in [5.74, 6) is 0.702. The number of halogens is 1. The third-order valence-corrected chi connectivity index (χ3v) is 2.97. The summed E-state index contributed by atoms with van der Waals surface area (Å²) < 4.78 is 5.45. The molecule has 0 aromatic heterocycles. The van der Waals surface area contributed by atoms with Gasteiger partial charge in [0.2, 0.25) is 5.91 Å². The van der Waals surface area contributed by atoms with Crippen LogP contribution >= 0.6 is 15.9 Å². The van der Waals surface area contributed by atoms with Gasteiger partial charge in [0.15, 0.2) is 0 Å². The highest BCUT2D eigenvalue weighted by molar-refractivity contribution is 9.09. The fourth-order valence-electron chi connectivity index (χ4n) is 1.80. The zero-order chi connectivity index (χ0) is 11.3. The average Bonchev–Trinajstić information content (AvgIpc) is 2.11. The molecule has 1 rings (SSSR count). The third-order valence-electron chi connectivity index (χ3n) is 2.65. The fourth-order valence-corrected chi connectivity index (χ4v) is 1.96. The Hall–Kier alpha value is -0.0900. The van der Waals surface area contributed by atoms with Crippen LogP contribution in [0, 0.1) is 5.92 Å². The molecule has 0 saturated heterocycles. The third kappa shape index (κ3) is 4.98. The molecule has 0 aromatic rings. The maximum absolute atomic E-state index is 11.4. The second-order valence-corrected chi connectivity index (χ2v) is 5.77. The Balaban J connectivity index is 2.03. The molecule has 1 N–H and O–H groups in total. The van der Waals surface area contributed by atoms with Crippen LogP contribution in [0.25, 0.3) is 0 Å². The summed E-state index contributed by atoms with van der Waals surface area (Å²) in [5, 5.41) is 2.90. The molecule has 1 fully saturated rings. The molecule has 0 bridgehead atoms. The van der Waals surface area contributed by atoms with Gasteiger partial charge in [-0.3, -0.25) is 4.79 Å². The topological polar surface area (TPSA) is 38.3 Å². The van der Waals surface area contributed by atoms with E-state index < -0.39 is 0 Å². The van der Waals surface area contributed by atoms with Crippen LogP contribution in [0.3, 0.4) is 0 Å². The summed E-state index contributed by atoms with van der Waals surface area (Å²) in [6.45, 7) is 5.53. The van der Waals surface area contributed by atoms with E-state index in [9.17, 15) is 4.79 Å². The van der Waals surface area contributed by atoms with Crippen LogP contribution in [0.5, 0.6) is 0 Å². The Morgan fingerprint density at radius 2 is 2.27 bits per heavy atom. The number of hydrogen-bond acceptors (Lipinski definition) is 2. The molecule has 1 aliphatic carbocycles. The van der Waals surface area contributed by atoms with E-state index in [-0.39, 0.29) is 5.91 Å². The van der Waals surface area contributed by atoms with Crippen molar-refractivity contribution in [3.8, 4) is 0 Å². The van der Waals surface area contributed by atoms with E-state index >= 15 is 0 Å². The molecular formula is C11H20BrNO2. The lowest BCUT2D eigenvalue weighted by Gasteiger charge is -2.34. The molecule has 3 nitrogen and oxygen atoms in total. The first-order valence-electron chi connectivity index (χ1n) is 5.64. The van der Waals surface area contributed by atoms with E-state index in [1.807, 2.05) is 13.8 Å². The number of carbonyl (C=O) groups is 1. The van der Waals surface area contributed by atoms with Crippen molar-refractivity contribution in [3.63, 3.8) is 0 Å². The maximum atomic E-state index is 11.4. The number of hydrogen-bond donors (Lipinski definition) is 1. The van der Waals surface area contributed by atoms with Crippen LogP contribution in [0.2, 0.25) is 0 Å². The number of alkyl halides is 1. The van der Waals surface area contributed by atoms with Crippen molar-refractivity contribution >= 4 is 21.8 Å². The molecule has 0 heterocycles. The van der Waals surface area contributed by atoms with Crippen molar-refractivity contribution in [2.24, 2.45) is 5.92 Å². The molecule has 0 aromatic carbocycles. The van der Waals surface area contributed by atoms with Gasteiger partial charge in [0.25, 0.3) is 0 Å². The molecule has 1 aliphatic rings. The van der Waals surface area contributed by atoms with E-state index in [1.54, 1.807) is 0 Å². The summed E-state index contributed by atoms with van der Waals surface area (Å²) in [6.07, 6.45) is 3.16. The van der Waals surface area contributed by atoms with Gasteiger partial charge in [-0.15, -0.1) is 0 Å². The Labute approximate surface area is 100 Å². The maximum Gasteiger partial charge on any atom is 0.220 e. The van der Waals surface area contributed by atoms with E-state index in [2.05, 4.69) is 21.2 Å². The molecule has 1 amide bonds. The standard InChI is InChI=1S/C11H20BrNO2/c1-3-15-10-4-9(5-10)6-11(14)13-7-8(2)12/h8-10H,3-7H2,1-2H3,(H,13,14). The van der Waals surface area contributed by atoms with Crippen LogP contribution in [0.1, 0.15) is 33.1 Å². The molecule has 4 heteroatoms. The molecule has 0 radical (unpaired) electrons. The van der Waals surface area contributed by atoms with Crippen LogP contribution < -0.4 is 5.32 Å². The zero-order valence-corrected chi connectivity index (χ0v) is 11.0. The largest absolute Gasteiger partial charge is 0.378 e. The number of nitrogens with one attached hydrogen (secondary N) is 1. The smallest absolute Gasteiger partial charge is 0.220 e. The van der Waals surface area contributed by atoms with Crippen molar-refractivity contribution in [2.45, 2.75) is 44.0 Å². The average molecular weight is 278 g/mol. The minimum Gasteiger partial charge on any atom is -0.378 e. The van der Waals surface area contributed by atoms with Crippen LogP contribution in [0.4, 0.5) is 0 Å². The number of carbonyl (C=O) groups excluding carboxylic acids is 1. The lowest BCUT2D eigenvalue weighted by molar-refractivity contribution is -0.124. The van der Waals surface area contributed by atoms with E-state index in [0.29, 0.717) is 29.8 Å². The Bertz CT molecular complexity index is 203. The van der Waals surface area contributed by atoms with E-state index in [4.69, 9.17) is 4.74 Å². The Morgan fingerprint density at radius 1 is 1.60 bits per heavy atom. The molecule has 88 valence electrons. The van der Waals surface area contributed by atoms with Gasteiger partial charge in [-0.2, -0.15) is 0 Å². The van der Waals surface area contributed by atoms with Crippen LogP contribution in [0.15, 0.2) is 0 Å². The molecule has 0 spiro atoms. The molecule has 1 atom stereocenters. The fraction of sp³-hybridized carbons (Fsp3) is 0.909. The van der Waals surface area contributed by atoms with Gasteiger partial charge in [-0.25, -0.2) is 0 Å². The van der Waals surface area contributed by atoms with Gasteiger partial charge in [0.05, 0.1) is 6.10 Å². The molecule has 1 unspecified atom stereocenters. The normalized spacial score (nSPS) is 26.9. The Kier molecular flexibility index (Phi) is 5.61. The molecule has 15 heavy (non-hydrogen) atoms. The summed E-state index contributed by atoms with van der Waals surface area (Å²) in [7, 11) is 0. The predicted molar refractivity (Wildman–Crippen MR) is 64.2 cm³/mol. The molecule has 0 aliphatic heterocycles. The second-order valence-electron chi connectivity index (χ2n) is 4.20. The van der Waals surface area contributed by atoms with E-state index in [0.717, 1.165) is 19.4 Å². The minimum absolute atomic E-state index is 0.168. The summed E-state index contributed by atoms with van der Waals surface area (Å²) in [4.78, 5) is 11.8. The summed E-state index contributed by atoms with van der Waals surface area (Å²) in [6, 6.07) is 0. The zero-order valence-electron chi connectivity index (χ0n) is 9.46.